The summed E-state index contributed by atoms with van der Waals surface area (Å²) in [4.78, 5) is 0. The van der Waals surface area contributed by atoms with Crippen molar-refractivity contribution < 1.29 is 0 Å². The molecule has 0 saturated heterocycles. The molecule has 4 rings (SSSR count). The molecule has 1 aromatic carbocycles. The van der Waals surface area contributed by atoms with Crippen molar-refractivity contribution in [3.8, 4) is 0 Å². The molecule has 3 aliphatic carbocycles. The van der Waals surface area contributed by atoms with Gasteiger partial charge in [-0.1, -0.05) is 55.3 Å². The Morgan fingerprint density at radius 3 is 2.82 bits per heavy atom. The van der Waals surface area contributed by atoms with E-state index in [-0.39, 0.29) is 0 Å². The van der Waals surface area contributed by atoms with E-state index in [2.05, 4.69) is 42.5 Å². The third kappa shape index (κ3) is 1.30. The van der Waals surface area contributed by atoms with Crippen LogP contribution in [0.5, 0.6) is 0 Å². The molecule has 0 nitrogen and oxygen atoms in total. The van der Waals surface area contributed by atoms with Crippen LogP contribution in [0.3, 0.4) is 0 Å². The lowest BCUT2D eigenvalue weighted by Crippen LogP contribution is -2.30. The van der Waals surface area contributed by atoms with E-state index in [9.17, 15) is 0 Å². The quantitative estimate of drug-likeness (QED) is 0.614. The summed E-state index contributed by atoms with van der Waals surface area (Å²) in [5.41, 5.74) is 2.19. The monoisotopic (exact) mass is 224 g/mol. The molecule has 0 aromatic heterocycles. The average Bonchev–Trinajstić information content (AvgIpc) is 2.93. The molecule has 4 unspecified atom stereocenters. The van der Waals surface area contributed by atoms with Gasteiger partial charge in [0, 0.05) is 0 Å². The van der Waals surface area contributed by atoms with Gasteiger partial charge in [0.1, 0.15) is 0 Å². The van der Waals surface area contributed by atoms with Crippen LogP contribution in [0.4, 0.5) is 0 Å². The number of fused-ring (bicyclic) bond motifs is 1. The maximum absolute atomic E-state index is 2.58. The lowest BCUT2D eigenvalue weighted by Gasteiger charge is -2.40. The van der Waals surface area contributed by atoms with Gasteiger partial charge in [0.15, 0.2) is 0 Å². The minimum atomic E-state index is 0.601. The van der Waals surface area contributed by atoms with Crippen LogP contribution in [0.2, 0.25) is 0 Å². The summed E-state index contributed by atoms with van der Waals surface area (Å²) in [6.45, 7) is 0. The van der Waals surface area contributed by atoms with Crippen LogP contribution >= 0.6 is 0 Å². The Kier molecular flexibility index (Phi) is 2.03. The van der Waals surface area contributed by atoms with Crippen molar-refractivity contribution in [2.24, 2.45) is 17.3 Å². The van der Waals surface area contributed by atoms with E-state index in [0.717, 1.165) is 17.8 Å². The highest BCUT2D eigenvalue weighted by Crippen LogP contribution is 2.65. The van der Waals surface area contributed by atoms with Crippen LogP contribution in [-0.2, 0) is 0 Å². The highest BCUT2D eigenvalue weighted by atomic mass is 14.6. The van der Waals surface area contributed by atoms with Crippen LogP contribution in [0.25, 0.3) is 0 Å². The van der Waals surface area contributed by atoms with Crippen LogP contribution in [0.1, 0.15) is 43.6 Å². The van der Waals surface area contributed by atoms with Crippen molar-refractivity contribution in [1.82, 2.24) is 0 Å². The number of benzene rings is 1. The van der Waals surface area contributed by atoms with Crippen molar-refractivity contribution in [2.45, 2.75) is 38.0 Å². The zero-order chi connectivity index (χ0) is 11.3. The van der Waals surface area contributed by atoms with Gasteiger partial charge >= 0.3 is 0 Å². The van der Waals surface area contributed by atoms with Gasteiger partial charge in [-0.05, 0) is 48.0 Å². The van der Waals surface area contributed by atoms with E-state index in [4.69, 9.17) is 0 Å². The summed E-state index contributed by atoms with van der Waals surface area (Å²) in [5.74, 6) is 2.59. The Hall–Kier alpha value is -1.04. The molecule has 0 N–H and O–H groups in total. The molecule has 0 heteroatoms. The third-order valence-corrected chi connectivity index (χ3v) is 5.52. The molecule has 17 heavy (non-hydrogen) atoms. The summed E-state index contributed by atoms with van der Waals surface area (Å²) in [6, 6.07) is 11.3. The van der Waals surface area contributed by atoms with Crippen molar-refractivity contribution in [1.29, 1.82) is 0 Å². The highest BCUT2D eigenvalue weighted by molar-refractivity contribution is 5.33. The summed E-state index contributed by atoms with van der Waals surface area (Å²) in [7, 11) is 0. The Balaban J connectivity index is 1.76. The van der Waals surface area contributed by atoms with E-state index in [0.29, 0.717) is 5.41 Å². The number of hydrogen-bond donors (Lipinski definition) is 0. The van der Waals surface area contributed by atoms with Gasteiger partial charge in [-0.25, -0.2) is 0 Å². The predicted octanol–water partition coefficient (Wildman–Crippen LogP) is 4.54. The van der Waals surface area contributed by atoms with E-state index in [1.54, 1.807) is 5.56 Å². The minimum absolute atomic E-state index is 0.601. The number of hydrogen-bond acceptors (Lipinski definition) is 0. The summed E-state index contributed by atoms with van der Waals surface area (Å²) >= 11 is 0. The highest BCUT2D eigenvalue weighted by Gasteiger charge is 2.55. The van der Waals surface area contributed by atoms with Gasteiger partial charge in [0.2, 0.25) is 0 Å². The first-order valence-electron chi connectivity index (χ1n) is 7.13. The zero-order valence-electron chi connectivity index (χ0n) is 10.3. The first-order chi connectivity index (χ1) is 8.39. The van der Waals surface area contributed by atoms with E-state index >= 15 is 0 Å². The molecule has 0 radical (unpaired) electrons. The topological polar surface area (TPSA) is 0 Å². The third-order valence-electron chi connectivity index (χ3n) is 5.52. The maximum atomic E-state index is 2.58. The van der Waals surface area contributed by atoms with Crippen molar-refractivity contribution in [3.05, 3.63) is 48.0 Å². The second-order valence-electron chi connectivity index (χ2n) is 6.25. The molecule has 3 aliphatic rings. The standard InChI is InChI=1S/C17H20/c1-2-6-13(7-3-1)16-14-9-11-17(12-14)10-5-4-8-15(16)17/h1-3,6-7,9,11,14-16H,4-5,8,10,12H2. The molecular formula is C17H20. The minimum Gasteiger partial charge on any atom is -0.0842 e. The van der Waals surface area contributed by atoms with E-state index < -0.39 is 0 Å². The molecule has 2 bridgehead atoms. The Bertz CT molecular complexity index is 444. The molecule has 4 atom stereocenters. The van der Waals surface area contributed by atoms with Crippen LogP contribution < -0.4 is 0 Å². The van der Waals surface area contributed by atoms with Crippen molar-refractivity contribution in [3.63, 3.8) is 0 Å². The van der Waals surface area contributed by atoms with Crippen molar-refractivity contribution >= 4 is 0 Å². The molecule has 1 spiro atoms. The molecule has 1 aromatic rings. The molecule has 2 saturated carbocycles. The van der Waals surface area contributed by atoms with Gasteiger partial charge in [-0.15, -0.1) is 0 Å². The fraction of sp³-hybridized carbons (Fsp3) is 0.529. The van der Waals surface area contributed by atoms with Crippen LogP contribution in [0.15, 0.2) is 42.5 Å². The van der Waals surface area contributed by atoms with Crippen LogP contribution in [-0.4, -0.2) is 0 Å². The normalized spacial score (nSPS) is 42.7. The smallest absolute Gasteiger partial charge is 0.00621 e. The van der Waals surface area contributed by atoms with Gasteiger partial charge < -0.3 is 0 Å². The molecule has 0 amide bonds. The second kappa shape index (κ2) is 3.48. The second-order valence-corrected chi connectivity index (χ2v) is 6.25. The molecule has 88 valence electrons. The zero-order valence-corrected chi connectivity index (χ0v) is 10.3. The average molecular weight is 224 g/mol. The number of allylic oxidation sites excluding steroid dienone is 2. The number of rotatable bonds is 1. The fourth-order valence-electron chi connectivity index (χ4n) is 4.88. The SMILES string of the molecule is C1=CC23CCCCC2C(c2ccccc2)C1C3. The van der Waals surface area contributed by atoms with Gasteiger partial charge in [-0.2, -0.15) is 0 Å². The lowest BCUT2D eigenvalue weighted by atomic mass is 9.64. The first-order valence-corrected chi connectivity index (χ1v) is 7.13. The maximum Gasteiger partial charge on any atom is -0.00621 e. The molecule has 0 aliphatic heterocycles. The van der Waals surface area contributed by atoms with Gasteiger partial charge in [0.05, 0.1) is 0 Å². The molecular weight excluding hydrogens is 204 g/mol. The van der Waals surface area contributed by atoms with Gasteiger partial charge in [0.25, 0.3) is 0 Å². The molecule has 2 fully saturated rings. The summed E-state index contributed by atoms with van der Waals surface area (Å²) < 4.78 is 0. The van der Waals surface area contributed by atoms with E-state index in [1.807, 2.05) is 0 Å². The van der Waals surface area contributed by atoms with Crippen LogP contribution in [0, 0.1) is 17.3 Å². The Morgan fingerprint density at radius 1 is 1.06 bits per heavy atom. The van der Waals surface area contributed by atoms with Crippen molar-refractivity contribution in [2.75, 3.05) is 0 Å². The summed E-state index contributed by atoms with van der Waals surface area (Å²) in [5, 5.41) is 0. The van der Waals surface area contributed by atoms with Gasteiger partial charge in [-0.3, -0.25) is 0 Å². The summed E-state index contributed by atoms with van der Waals surface area (Å²) in [6.07, 6.45) is 12.4. The lowest BCUT2D eigenvalue weighted by molar-refractivity contribution is 0.175. The first kappa shape index (κ1) is 9.94. The largest absolute Gasteiger partial charge is 0.0842 e. The predicted molar refractivity (Wildman–Crippen MR) is 70.8 cm³/mol. The molecule has 0 heterocycles. The Labute approximate surface area is 104 Å². The van der Waals surface area contributed by atoms with E-state index in [1.165, 1.54) is 32.1 Å². The fourth-order valence-corrected chi connectivity index (χ4v) is 4.88. The Morgan fingerprint density at radius 2 is 1.94 bits per heavy atom.